The lowest BCUT2D eigenvalue weighted by atomic mass is 10.0. The molecule has 1 aromatic heterocycles. The predicted octanol–water partition coefficient (Wildman–Crippen LogP) is 4.78. The Morgan fingerprint density at radius 1 is 1.10 bits per heavy atom. The van der Waals surface area contributed by atoms with Crippen LogP contribution in [0.4, 0.5) is 11.4 Å². The van der Waals surface area contributed by atoms with Gasteiger partial charge in [-0.05, 0) is 42.5 Å². The number of carboxylic acid groups (broad SMARTS) is 1. The largest absolute Gasteiger partial charge is 0.480 e. The Kier molecular flexibility index (Phi) is 5.60. The second kappa shape index (κ2) is 8.49. The van der Waals surface area contributed by atoms with Gasteiger partial charge in [0.15, 0.2) is 0 Å². The molecule has 0 unspecified atom stereocenters. The fraction of sp³-hybridized carbons (Fsp3) is 0.0870. The summed E-state index contributed by atoms with van der Waals surface area (Å²) in [5.74, 6) is -1.41. The molecule has 7 nitrogen and oxygen atoms in total. The Labute approximate surface area is 183 Å². The number of rotatable bonds is 6. The molecule has 4 rings (SSSR count). The summed E-state index contributed by atoms with van der Waals surface area (Å²) in [5.41, 5.74) is 4.56. The minimum absolute atomic E-state index is 0.351. The average molecular weight is 435 g/mol. The molecule has 1 heterocycles. The summed E-state index contributed by atoms with van der Waals surface area (Å²) in [6.45, 7) is -0.352. The highest BCUT2D eigenvalue weighted by molar-refractivity contribution is 6.33. The van der Waals surface area contributed by atoms with Gasteiger partial charge in [0.2, 0.25) is 0 Å². The van der Waals surface area contributed by atoms with Crippen molar-refractivity contribution in [3.63, 3.8) is 0 Å². The maximum atomic E-state index is 12.3. The zero-order valence-electron chi connectivity index (χ0n) is 16.6. The number of carbonyl (C=O) groups is 2. The Morgan fingerprint density at radius 2 is 1.84 bits per heavy atom. The summed E-state index contributed by atoms with van der Waals surface area (Å²) >= 11 is 6.22. The van der Waals surface area contributed by atoms with E-state index in [-0.39, 0.29) is 12.5 Å². The van der Waals surface area contributed by atoms with E-state index in [2.05, 4.69) is 15.5 Å². The average Bonchev–Trinajstić information content (AvgIpc) is 3.18. The van der Waals surface area contributed by atoms with Gasteiger partial charge in [-0.1, -0.05) is 35.9 Å². The van der Waals surface area contributed by atoms with Gasteiger partial charge in [-0.3, -0.25) is 14.7 Å². The van der Waals surface area contributed by atoms with Crippen molar-refractivity contribution in [3.8, 4) is 11.3 Å². The van der Waals surface area contributed by atoms with Crippen LogP contribution in [0.1, 0.15) is 10.4 Å². The summed E-state index contributed by atoms with van der Waals surface area (Å²) in [6.07, 6.45) is 0. The van der Waals surface area contributed by atoms with Crippen LogP contribution in [0.25, 0.3) is 22.2 Å². The van der Waals surface area contributed by atoms with Crippen LogP contribution < -0.4 is 5.32 Å². The monoisotopic (exact) mass is 434 g/mol. The molecule has 0 aliphatic carbocycles. The number of hydrogen-bond donors (Lipinski definition) is 3. The molecule has 0 saturated heterocycles. The van der Waals surface area contributed by atoms with Gasteiger partial charge in [-0.15, -0.1) is 0 Å². The Bertz CT molecular complexity index is 1270. The van der Waals surface area contributed by atoms with Crippen LogP contribution >= 0.6 is 11.6 Å². The smallest absolute Gasteiger partial charge is 0.323 e. The third-order valence-electron chi connectivity index (χ3n) is 4.84. The predicted molar refractivity (Wildman–Crippen MR) is 121 cm³/mol. The first-order chi connectivity index (χ1) is 14.9. The summed E-state index contributed by atoms with van der Waals surface area (Å²) in [4.78, 5) is 24.3. The summed E-state index contributed by atoms with van der Waals surface area (Å²) < 4.78 is 0. The van der Waals surface area contributed by atoms with Gasteiger partial charge in [0.1, 0.15) is 6.54 Å². The van der Waals surface area contributed by atoms with Gasteiger partial charge in [0.05, 0.1) is 21.9 Å². The molecule has 1 amide bonds. The van der Waals surface area contributed by atoms with Gasteiger partial charge >= 0.3 is 5.97 Å². The highest BCUT2D eigenvalue weighted by atomic mass is 35.5. The van der Waals surface area contributed by atoms with Crippen LogP contribution in [0.15, 0.2) is 66.7 Å². The van der Waals surface area contributed by atoms with Crippen molar-refractivity contribution in [2.45, 2.75) is 0 Å². The van der Waals surface area contributed by atoms with Gasteiger partial charge in [0, 0.05) is 29.2 Å². The molecule has 0 atom stereocenters. The number of aromatic amines is 1. The summed E-state index contributed by atoms with van der Waals surface area (Å²) in [5, 5.41) is 21.2. The number of aliphatic carboxylic acids is 1. The van der Waals surface area contributed by atoms with E-state index in [1.807, 2.05) is 42.5 Å². The first-order valence-corrected chi connectivity index (χ1v) is 9.87. The summed E-state index contributed by atoms with van der Waals surface area (Å²) in [7, 11) is 1.46. The number of anilines is 2. The standard InChI is InChI=1S/C23H19ClN4O3/c1-28(13-21(29)30)23(31)15-8-6-14(7-9-15)22-17-11-10-16(12-20(17)26-27-22)25-19-5-3-2-4-18(19)24/h2-12,25H,13H2,1H3,(H,26,27)(H,29,30). The number of carbonyl (C=O) groups excluding carboxylic acids is 1. The number of para-hydroxylation sites is 1. The fourth-order valence-electron chi connectivity index (χ4n) is 3.30. The normalized spacial score (nSPS) is 10.8. The lowest BCUT2D eigenvalue weighted by molar-refractivity contribution is -0.137. The second-order valence-corrected chi connectivity index (χ2v) is 7.48. The number of aromatic nitrogens is 2. The second-order valence-electron chi connectivity index (χ2n) is 7.07. The molecular weight excluding hydrogens is 416 g/mol. The molecule has 4 aromatic rings. The van der Waals surface area contributed by atoms with Crippen LogP contribution in [0, 0.1) is 0 Å². The number of halogens is 1. The van der Waals surface area contributed by atoms with Gasteiger partial charge in [-0.25, -0.2) is 0 Å². The molecule has 0 aliphatic rings. The van der Waals surface area contributed by atoms with Crippen LogP contribution in [0.2, 0.25) is 5.02 Å². The first-order valence-electron chi connectivity index (χ1n) is 9.50. The number of amides is 1. The van der Waals surface area contributed by atoms with Crippen molar-refractivity contribution in [2.24, 2.45) is 0 Å². The van der Waals surface area contributed by atoms with E-state index >= 15 is 0 Å². The molecule has 3 N–H and O–H groups in total. The molecule has 8 heteroatoms. The van der Waals surface area contributed by atoms with Crippen molar-refractivity contribution >= 4 is 45.8 Å². The topological polar surface area (TPSA) is 98.3 Å². The number of likely N-dealkylation sites (N-methyl/N-ethyl adjacent to an activating group) is 1. The highest BCUT2D eigenvalue weighted by Gasteiger charge is 2.15. The van der Waals surface area contributed by atoms with E-state index in [1.54, 1.807) is 24.3 Å². The minimum atomic E-state index is -1.06. The van der Waals surface area contributed by atoms with Crippen molar-refractivity contribution in [1.82, 2.24) is 15.1 Å². The van der Waals surface area contributed by atoms with Gasteiger partial charge < -0.3 is 15.3 Å². The molecule has 156 valence electrons. The molecule has 0 fully saturated rings. The number of benzene rings is 3. The minimum Gasteiger partial charge on any atom is -0.480 e. The van der Waals surface area contributed by atoms with E-state index in [9.17, 15) is 9.59 Å². The third kappa shape index (κ3) is 4.36. The fourth-order valence-corrected chi connectivity index (χ4v) is 3.48. The zero-order chi connectivity index (χ0) is 22.0. The quantitative estimate of drug-likeness (QED) is 0.405. The molecule has 0 spiro atoms. The van der Waals surface area contributed by atoms with Gasteiger partial charge in [-0.2, -0.15) is 5.10 Å². The van der Waals surface area contributed by atoms with Crippen LogP contribution in [0.3, 0.4) is 0 Å². The molecule has 0 radical (unpaired) electrons. The molecule has 0 saturated carbocycles. The van der Waals surface area contributed by atoms with Crippen molar-refractivity contribution in [3.05, 3.63) is 77.3 Å². The SMILES string of the molecule is CN(CC(=O)O)C(=O)c1ccc(-c2n[nH]c3cc(Nc4ccccc4Cl)ccc23)cc1. The third-order valence-corrected chi connectivity index (χ3v) is 5.17. The van der Waals surface area contributed by atoms with Crippen molar-refractivity contribution in [2.75, 3.05) is 18.9 Å². The van der Waals surface area contributed by atoms with E-state index in [0.717, 1.165) is 38.4 Å². The van der Waals surface area contributed by atoms with E-state index < -0.39 is 5.97 Å². The van der Waals surface area contributed by atoms with Crippen molar-refractivity contribution < 1.29 is 14.7 Å². The van der Waals surface area contributed by atoms with Crippen LogP contribution in [-0.2, 0) is 4.79 Å². The van der Waals surface area contributed by atoms with E-state index in [1.165, 1.54) is 7.05 Å². The number of hydrogen-bond acceptors (Lipinski definition) is 4. The number of H-pyrrole nitrogens is 1. The molecule has 0 bridgehead atoms. The lowest BCUT2D eigenvalue weighted by Crippen LogP contribution is -2.31. The number of nitrogens with one attached hydrogen (secondary N) is 2. The molecular formula is C23H19ClN4O3. The van der Waals surface area contributed by atoms with E-state index in [4.69, 9.17) is 16.7 Å². The Hall–Kier alpha value is -3.84. The molecule has 31 heavy (non-hydrogen) atoms. The first kappa shape index (κ1) is 20.4. The molecule has 3 aromatic carbocycles. The Morgan fingerprint density at radius 3 is 2.55 bits per heavy atom. The highest BCUT2D eigenvalue weighted by Crippen LogP contribution is 2.30. The lowest BCUT2D eigenvalue weighted by Gasteiger charge is -2.14. The number of carboxylic acids is 1. The zero-order valence-corrected chi connectivity index (χ0v) is 17.3. The number of nitrogens with zero attached hydrogens (tertiary/aromatic N) is 2. The summed E-state index contributed by atoms with van der Waals surface area (Å²) in [6, 6.07) is 20.3. The van der Waals surface area contributed by atoms with Crippen LogP contribution in [0.5, 0.6) is 0 Å². The van der Waals surface area contributed by atoms with E-state index in [0.29, 0.717) is 10.6 Å². The van der Waals surface area contributed by atoms with Crippen molar-refractivity contribution in [1.29, 1.82) is 0 Å². The van der Waals surface area contributed by atoms with Gasteiger partial charge in [0.25, 0.3) is 5.91 Å². The molecule has 0 aliphatic heterocycles. The maximum Gasteiger partial charge on any atom is 0.323 e. The maximum absolute atomic E-state index is 12.3. The number of fused-ring (bicyclic) bond motifs is 1. The van der Waals surface area contributed by atoms with Crippen LogP contribution in [-0.4, -0.2) is 45.7 Å². The Balaban J connectivity index is 1.57.